The van der Waals surface area contributed by atoms with E-state index in [1.54, 1.807) is 0 Å². The van der Waals surface area contributed by atoms with Crippen molar-refractivity contribution in [2.24, 2.45) is 0 Å². The van der Waals surface area contributed by atoms with Crippen LogP contribution in [-0.2, 0) is 4.79 Å². The van der Waals surface area contributed by atoms with Gasteiger partial charge < -0.3 is 24.0 Å². The van der Waals surface area contributed by atoms with Gasteiger partial charge in [0.2, 0.25) is 12.7 Å². The number of rotatable bonds is 3. The summed E-state index contributed by atoms with van der Waals surface area (Å²) in [4.78, 5) is 17.9. The molecular weight excluding hydrogens is 468 g/mol. The molecule has 3 aliphatic rings. The van der Waals surface area contributed by atoms with Crippen molar-refractivity contribution in [1.82, 2.24) is 15.1 Å². The second-order valence-corrected chi connectivity index (χ2v) is 9.27. The van der Waals surface area contributed by atoms with E-state index in [0.717, 1.165) is 51.2 Å². The average Bonchev–Trinajstić information content (AvgIpc) is 3.44. The molecule has 0 N–H and O–H groups in total. The van der Waals surface area contributed by atoms with Crippen LogP contribution in [0, 0.1) is 0 Å². The number of ether oxygens (including phenoxy) is 3. The average molecular weight is 493 g/mol. The van der Waals surface area contributed by atoms with Crippen molar-refractivity contribution in [3.8, 4) is 34.3 Å². The van der Waals surface area contributed by atoms with Gasteiger partial charge >= 0.3 is 0 Å². The summed E-state index contributed by atoms with van der Waals surface area (Å²) in [6.07, 6.45) is 0. The molecule has 3 aliphatic heterocycles. The molecular formula is C29H24N4O4. The Morgan fingerprint density at radius 1 is 0.730 bits per heavy atom. The molecule has 0 radical (unpaired) electrons. The van der Waals surface area contributed by atoms with E-state index in [1.807, 2.05) is 83.8 Å². The zero-order valence-electron chi connectivity index (χ0n) is 20.0. The topological polar surface area (TPSA) is 77.0 Å². The number of hydrogen-bond donors (Lipinski definition) is 0. The molecule has 1 amide bonds. The van der Waals surface area contributed by atoms with Crippen molar-refractivity contribution >= 4 is 11.7 Å². The molecule has 1 saturated heterocycles. The molecule has 0 saturated carbocycles. The standard InChI is InChI=1S/C29H24N4O4/c34-29(28-20-5-1-3-7-23(20)37-24-8-4-2-6-21(24)28)33-15-13-32(14-16-33)27-12-10-22(30-31-27)19-9-11-25-26(17-19)36-18-35-25/h1-12,17,28H,13-16,18H2. The summed E-state index contributed by atoms with van der Waals surface area (Å²) in [6.45, 7) is 2.86. The summed E-state index contributed by atoms with van der Waals surface area (Å²) in [5.41, 5.74) is 3.53. The predicted molar refractivity (Wildman–Crippen MR) is 137 cm³/mol. The number of benzene rings is 3. The highest BCUT2D eigenvalue weighted by Gasteiger charge is 2.36. The Hall–Kier alpha value is -4.59. The van der Waals surface area contributed by atoms with E-state index >= 15 is 0 Å². The lowest BCUT2D eigenvalue weighted by molar-refractivity contribution is -0.132. The molecule has 1 fully saturated rings. The first-order valence-corrected chi connectivity index (χ1v) is 12.4. The Kier molecular flexibility index (Phi) is 5.16. The van der Waals surface area contributed by atoms with E-state index in [1.165, 1.54) is 0 Å². The monoisotopic (exact) mass is 492 g/mol. The fourth-order valence-electron chi connectivity index (χ4n) is 5.22. The number of carbonyl (C=O) groups is 1. The lowest BCUT2D eigenvalue weighted by Crippen LogP contribution is -2.50. The van der Waals surface area contributed by atoms with Crippen molar-refractivity contribution in [2.45, 2.75) is 5.92 Å². The van der Waals surface area contributed by atoms with Crippen molar-refractivity contribution in [3.63, 3.8) is 0 Å². The minimum Gasteiger partial charge on any atom is -0.457 e. The predicted octanol–water partition coefficient (Wildman–Crippen LogP) is 4.46. The maximum Gasteiger partial charge on any atom is 0.234 e. The minimum atomic E-state index is -0.367. The molecule has 3 aromatic carbocycles. The third-order valence-electron chi connectivity index (χ3n) is 7.16. The maximum absolute atomic E-state index is 13.8. The first-order valence-electron chi connectivity index (χ1n) is 12.4. The van der Waals surface area contributed by atoms with Gasteiger partial charge in [0.15, 0.2) is 17.3 Å². The van der Waals surface area contributed by atoms with Gasteiger partial charge in [-0.3, -0.25) is 4.79 Å². The zero-order chi connectivity index (χ0) is 24.8. The van der Waals surface area contributed by atoms with Gasteiger partial charge in [-0.1, -0.05) is 36.4 Å². The summed E-state index contributed by atoms with van der Waals surface area (Å²) in [7, 11) is 0. The minimum absolute atomic E-state index is 0.104. The smallest absolute Gasteiger partial charge is 0.234 e. The number of piperazine rings is 1. The summed E-state index contributed by atoms with van der Waals surface area (Å²) < 4.78 is 16.9. The number of hydrogen-bond acceptors (Lipinski definition) is 7. The SMILES string of the molecule is O=C(C1c2ccccc2Oc2ccccc21)N1CCN(c2ccc(-c3ccc4c(c3)OCO4)nn2)CC1. The van der Waals surface area contributed by atoms with Crippen LogP contribution in [0.5, 0.6) is 23.0 Å². The normalized spacial score (nSPS) is 16.1. The Balaban J connectivity index is 1.06. The Labute approximate surface area is 214 Å². The highest BCUT2D eigenvalue weighted by Crippen LogP contribution is 2.44. The van der Waals surface area contributed by atoms with Crippen LogP contribution in [0.3, 0.4) is 0 Å². The number of aromatic nitrogens is 2. The van der Waals surface area contributed by atoms with Gasteiger partial charge in [0.25, 0.3) is 0 Å². The number of para-hydroxylation sites is 2. The van der Waals surface area contributed by atoms with E-state index < -0.39 is 0 Å². The van der Waals surface area contributed by atoms with E-state index in [0.29, 0.717) is 26.2 Å². The molecule has 7 rings (SSSR count). The van der Waals surface area contributed by atoms with Gasteiger partial charge in [-0.25, -0.2) is 0 Å². The largest absolute Gasteiger partial charge is 0.457 e. The first kappa shape index (κ1) is 21.7. The fourth-order valence-corrected chi connectivity index (χ4v) is 5.22. The van der Waals surface area contributed by atoms with Crippen molar-refractivity contribution in [3.05, 3.63) is 90.0 Å². The fraction of sp³-hybridized carbons (Fsp3) is 0.207. The lowest BCUT2D eigenvalue weighted by atomic mass is 9.86. The second-order valence-electron chi connectivity index (χ2n) is 9.27. The molecule has 0 atom stereocenters. The van der Waals surface area contributed by atoms with Crippen LogP contribution in [0.1, 0.15) is 17.0 Å². The summed E-state index contributed by atoms with van der Waals surface area (Å²) >= 11 is 0. The molecule has 0 spiro atoms. The van der Waals surface area contributed by atoms with Gasteiger partial charge in [-0.15, -0.1) is 10.2 Å². The number of nitrogens with zero attached hydrogens (tertiary/aromatic N) is 4. The molecule has 4 aromatic rings. The molecule has 8 nitrogen and oxygen atoms in total. The summed E-state index contributed by atoms with van der Waals surface area (Å²) in [6, 6.07) is 25.3. The van der Waals surface area contributed by atoms with E-state index in [4.69, 9.17) is 14.2 Å². The maximum atomic E-state index is 13.8. The lowest BCUT2D eigenvalue weighted by Gasteiger charge is -2.38. The van der Waals surface area contributed by atoms with Crippen LogP contribution in [-0.4, -0.2) is 54.0 Å². The second kappa shape index (κ2) is 8.81. The van der Waals surface area contributed by atoms with E-state index in [9.17, 15) is 4.79 Å². The number of fused-ring (bicyclic) bond motifs is 3. The van der Waals surface area contributed by atoms with Crippen LogP contribution >= 0.6 is 0 Å². The first-order chi connectivity index (χ1) is 18.2. The zero-order valence-corrected chi connectivity index (χ0v) is 20.0. The Morgan fingerprint density at radius 3 is 2.14 bits per heavy atom. The van der Waals surface area contributed by atoms with Gasteiger partial charge in [-0.05, 0) is 42.5 Å². The molecule has 0 bridgehead atoms. The van der Waals surface area contributed by atoms with E-state index in [2.05, 4.69) is 15.1 Å². The van der Waals surface area contributed by atoms with Crippen molar-refractivity contribution in [2.75, 3.05) is 37.9 Å². The number of carbonyl (C=O) groups excluding carboxylic acids is 1. The van der Waals surface area contributed by atoms with Crippen LogP contribution in [0.15, 0.2) is 78.9 Å². The van der Waals surface area contributed by atoms with Gasteiger partial charge in [0, 0.05) is 42.9 Å². The molecule has 37 heavy (non-hydrogen) atoms. The number of anilines is 1. The molecule has 1 aromatic heterocycles. The van der Waals surface area contributed by atoms with Crippen molar-refractivity contribution in [1.29, 1.82) is 0 Å². The van der Waals surface area contributed by atoms with Crippen LogP contribution in [0.25, 0.3) is 11.3 Å². The van der Waals surface area contributed by atoms with Gasteiger partial charge in [0.05, 0.1) is 11.6 Å². The van der Waals surface area contributed by atoms with Crippen LogP contribution < -0.4 is 19.1 Å². The highest BCUT2D eigenvalue weighted by atomic mass is 16.7. The summed E-state index contributed by atoms with van der Waals surface area (Å²) in [5.74, 6) is 3.50. The van der Waals surface area contributed by atoms with Gasteiger partial charge in [-0.2, -0.15) is 0 Å². The number of amides is 1. The highest BCUT2D eigenvalue weighted by molar-refractivity contribution is 5.90. The Morgan fingerprint density at radius 2 is 1.43 bits per heavy atom. The third kappa shape index (κ3) is 3.81. The quantitative estimate of drug-likeness (QED) is 0.418. The third-order valence-corrected chi connectivity index (χ3v) is 7.16. The van der Waals surface area contributed by atoms with Gasteiger partial charge in [0.1, 0.15) is 11.5 Å². The molecule has 4 heterocycles. The van der Waals surface area contributed by atoms with Crippen LogP contribution in [0.4, 0.5) is 5.82 Å². The molecule has 0 aliphatic carbocycles. The van der Waals surface area contributed by atoms with E-state index in [-0.39, 0.29) is 18.6 Å². The Bertz CT molecular complexity index is 1440. The molecule has 184 valence electrons. The van der Waals surface area contributed by atoms with Crippen molar-refractivity contribution < 1.29 is 19.0 Å². The van der Waals surface area contributed by atoms with Crippen LogP contribution in [0.2, 0.25) is 0 Å². The molecule has 8 heteroatoms. The summed E-state index contributed by atoms with van der Waals surface area (Å²) in [5, 5.41) is 8.92. The molecule has 0 unspecified atom stereocenters.